The molecule has 3 fully saturated rings. The maximum Gasteiger partial charge on any atom is 0.227 e. The first-order valence-electron chi connectivity index (χ1n) is 14.8. The SMILES string of the molecule is CN[C@@H](C)C(=O)C[C@H](C(=O)N1CCC[C@H]1Cn1cc(N2CCCC2=O)c2cc(C)ccc21)C1CCCCC1. The Hall–Kier alpha value is -2.67. The van der Waals surface area contributed by atoms with E-state index in [0.29, 0.717) is 25.3 Å². The molecule has 2 aliphatic heterocycles. The first-order chi connectivity index (χ1) is 18.4. The molecule has 2 saturated heterocycles. The number of likely N-dealkylation sites (tertiary alicyclic amines) is 1. The van der Waals surface area contributed by atoms with E-state index < -0.39 is 0 Å². The zero-order valence-electron chi connectivity index (χ0n) is 23.4. The van der Waals surface area contributed by atoms with Crippen LogP contribution in [0.5, 0.6) is 0 Å². The van der Waals surface area contributed by atoms with Gasteiger partial charge in [0, 0.05) is 56.0 Å². The summed E-state index contributed by atoms with van der Waals surface area (Å²) in [7, 11) is 1.81. The number of fused-ring (bicyclic) bond motifs is 1. The molecule has 1 N–H and O–H groups in total. The van der Waals surface area contributed by atoms with Crippen molar-refractivity contribution in [3.63, 3.8) is 0 Å². The minimum Gasteiger partial charge on any atom is -0.343 e. The van der Waals surface area contributed by atoms with Gasteiger partial charge in [0.1, 0.15) is 5.78 Å². The Morgan fingerprint density at radius 1 is 1.05 bits per heavy atom. The third-order valence-corrected chi connectivity index (χ3v) is 9.32. The number of hydrogen-bond donors (Lipinski definition) is 1. The number of Topliss-reactive ketones (excluding diaryl/α,β-unsaturated/α-hetero) is 1. The Morgan fingerprint density at radius 3 is 2.55 bits per heavy atom. The third kappa shape index (κ3) is 5.40. The highest BCUT2D eigenvalue weighted by Gasteiger charge is 2.39. The topological polar surface area (TPSA) is 74.7 Å². The van der Waals surface area contributed by atoms with Crippen molar-refractivity contribution in [1.29, 1.82) is 0 Å². The first-order valence-corrected chi connectivity index (χ1v) is 14.8. The Balaban J connectivity index is 1.40. The number of amides is 2. The van der Waals surface area contributed by atoms with Crippen LogP contribution in [0.15, 0.2) is 24.4 Å². The predicted octanol–water partition coefficient (Wildman–Crippen LogP) is 4.83. The van der Waals surface area contributed by atoms with Crippen LogP contribution in [0, 0.1) is 18.8 Å². The molecular formula is C31H44N4O3. The molecule has 2 aromatic rings. The van der Waals surface area contributed by atoms with Gasteiger partial charge in [-0.3, -0.25) is 14.4 Å². The van der Waals surface area contributed by atoms with Crippen molar-refractivity contribution < 1.29 is 14.4 Å². The number of aromatic nitrogens is 1. The molecule has 2 amide bonds. The van der Waals surface area contributed by atoms with E-state index >= 15 is 0 Å². The van der Waals surface area contributed by atoms with E-state index in [2.05, 4.69) is 46.1 Å². The average molecular weight is 521 g/mol. The molecule has 1 aromatic carbocycles. The molecule has 3 heterocycles. The van der Waals surface area contributed by atoms with Crippen molar-refractivity contribution in [3.8, 4) is 0 Å². The predicted molar refractivity (Wildman–Crippen MR) is 151 cm³/mol. The van der Waals surface area contributed by atoms with Gasteiger partial charge in [-0.15, -0.1) is 0 Å². The molecule has 3 aliphatic rings. The summed E-state index contributed by atoms with van der Waals surface area (Å²) in [5.41, 5.74) is 3.29. The van der Waals surface area contributed by atoms with Gasteiger partial charge in [0.05, 0.1) is 17.2 Å². The lowest BCUT2D eigenvalue weighted by Crippen LogP contribution is -2.45. The number of nitrogens with zero attached hydrogens (tertiary/aromatic N) is 3. The summed E-state index contributed by atoms with van der Waals surface area (Å²) in [5, 5.41) is 4.18. The van der Waals surface area contributed by atoms with Crippen LogP contribution in [-0.2, 0) is 20.9 Å². The molecular weight excluding hydrogens is 476 g/mol. The summed E-state index contributed by atoms with van der Waals surface area (Å²) in [6, 6.07) is 6.32. The number of rotatable bonds is 9. The number of benzene rings is 1. The average Bonchev–Trinajstić information content (AvgIpc) is 3.65. The van der Waals surface area contributed by atoms with E-state index in [0.717, 1.165) is 74.6 Å². The van der Waals surface area contributed by atoms with Gasteiger partial charge in [-0.2, -0.15) is 0 Å². The summed E-state index contributed by atoms with van der Waals surface area (Å²) >= 11 is 0. The van der Waals surface area contributed by atoms with Crippen LogP contribution in [0.3, 0.4) is 0 Å². The molecule has 206 valence electrons. The van der Waals surface area contributed by atoms with Crippen LogP contribution in [0.2, 0.25) is 0 Å². The lowest BCUT2D eigenvalue weighted by Gasteiger charge is -2.35. The molecule has 5 rings (SSSR count). The minimum atomic E-state index is -0.232. The molecule has 0 radical (unpaired) electrons. The fourth-order valence-corrected chi connectivity index (χ4v) is 6.96. The zero-order chi connectivity index (χ0) is 26.8. The molecule has 1 saturated carbocycles. The smallest absolute Gasteiger partial charge is 0.227 e. The molecule has 7 nitrogen and oxygen atoms in total. The highest BCUT2D eigenvalue weighted by atomic mass is 16.2. The Bertz CT molecular complexity index is 1180. The van der Waals surface area contributed by atoms with E-state index in [1.54, 1.807) is 0 Å². The number of carbonyl (C=O) groups excluding carboxylic acids is 3. The second-order valence-corrected chi connectivity index (χ2v) is 11.8. The minimum absolute atomic E-state index is 0.101. The summed E-state index contributed by atoms with van der Waals surface area (Å²) in [6.07, 6.45) is 11.6. The summed E-state index contributed by atoms with van der Waals surface area (Å²) in [6.45, 7) is 6.22. The monoisotopic (exact) mass is 520 g/mol. The van der Waals surface area contributed by atoms with Gasteiger partial charge >= 0.3 is 0 Å². The molecule has 7 heteroatoms. The van der Waals surface area contributed by atoms with Gasteiger partial charge in [0.15, 0.2) is 0 Å². The summed E-state index contributed by atoms with van der Waals surface area (Å²) < 4.78 is 2.26. The number of ketones is 1. The molecule has 1 aliphatic carbocycles. The van der Waals surface area contributed by atoms with Crippen LogP contribution >= 0.6 is 0 Å². The molecule has 38 heavy (non-hydrogen) atoms. The van der Waals surface area contributed by atoms with Gasteiger partial charge in [-0.1, -0.05) is 30.9 Å². The Labute approximate surface area is 226 Å². The van der Waals surface area contributed by atoms with Crippen molar-refractivity contribution in [2.75, 3.05) is 25.0 Å². The number of nitrogens with one attached hydrogen (secondary N) is 1. The molecule has 1 aromatic heterocycles. The summed E-state index contributed by atoms with van der Waals surface area (Å²) in [4.78, 5) is 43.8. The molecule has 3 atom stereocenters. The van der Waals surface area contributed by atoms with Gasteiger partial charge in [0.25, 0.3) is 0 Å². The van der Waals surface area contributed by atoms with Crippen molar-refractivity contribution in [1.82, 2.24) is 14.8 Å². The van der Waals surface area contributed by atoms with Crippen molar-refractivity contribution in [2.24, 2.45) is 11.8 Å². The quantitative estimate of drug-likeness (QED) is 0.514. The van der Waals surface area contributed by atoms with E-state index in [-0.39, 0.29) is 35.6 Å². The maximum absolute atomic E-state index is 14.1. The molecule has 0 unspecified atom stereocenters. The largest absolute Gasteiger partial charge is 0.343 e. The van der Waals surface area contributed by atoms with E-state index in [9.17, 15) is 14.4 Å². The van der Waals surface area contributed by atoms with Crippen molar-refractivity contribution in [2.45, 2.75) is 96.7 Å². The molecule has 0 bridgehead atoms. The van der Waals surface area contributed by atoms with Crippen molar-refractivity contribution >= 4 is 34.2 Å². The van der Waals surface area contributed by atoms with Gasteiger partial charge in [-0.25, -0.2) is 0 Å². The van der Waals surface area contributed by atoms with Crippen LogP contribution in [0.25, 0.3) is 10.9 Å². The normalized spacial score (nSPS) is 22.4. The van der Waals surface area contributed by atoms with Crippen molar-refractivity contribution in [3.05, 3.63) is 30.0 Å². The second kappa shape index (κ2) is 11.6. The number of aryl methyl sites for hydroxylation is 1. The first kappa shape index (κ1) is 26.9. The summed E-state index contributed by atoms with van der Waals surface area (Å²) in [5.74, 6) is 0.589. The fourth-order valence-electron chi connectivity index (χ4n) is 6.96. The number of anilines is 1. The van der Waals surface area contributed by atoms with E-state index in [4.69, 9.17) is 0 Å². The van der Waals surface area contributed by atoms with E-state index in [1.165, 1.54) is 12.0 Å². The lowest BCUT2D eigenvalue weighted by atomic mass is 9.76. The Morgan fingerprint density at radius 2 is 1.84 bits per heavy atom. The van der Waals surface area contributed by atoms with Crippen LogP contribution in [-0.4, -0.2) is 59.3 Å². The lowest BCUT2D eigenvalue weighted by molar-refractivity contribution is -0.141. The Kier molecular flexibility index (Phi) is 8.22. The number of likely N-dealkylation sites (N-methyl/N-ethyl adjacent to an activating group) is 1. The standard InChI is InChI=1S/C31H44N4O3/c1-21-13-14-27-26(17-21)28(35-16-8-12-30(35)37)20-33(27)19-24-11-7-15-34(24)31(38)25(18-29(36)22(2)32-3)23-9-5-4-6-10-23/h13-14,17,20,22-25,32H,4-12,15-16,18-19H2,1-3H3/t22-,24-,25-/m0/s1. The van der Waals surface area contributed by atoms with Crippen LogP contribution in [0.1, 0.15) is 76.7 Å². The maximum atomic E-state index is 14.1. The van der Waals surface area contributed by atoms with Gasteiger partial charge < -0.3 is 19.7 Å². The van der Waals surface area contributed by atoms with Crippen LogP contribution in [0.4, 0.5) is 5.69 Å². The molecule has 0 spiro atoms. The highest BCUT2D eigenvalue weighted by molar-refractivity contribution is 6.04. The highest BCUT2D eigenvalue weighted by Crippen LogP contribution is 2.37. The second-order valence-electron chi connectivity index (χ2n) is 11.8. The number of carbonyl (C=O) groups is 3. The van der Waals surface area contributed by atoms with Gasteiger partial charge in [-0.05, 0) is 71.0 Å². The van der Waals surface area contributed by atoms with Gasteiger partial charge in [0.2, 0.25) is 11.8 Å². The third-order valence-electron chi connectivity index (χ3n) is 9.32. The van der Waals surface area contributed by atoms with E-state index in [1.807, 2.05) is 18.9 Å². The zero-order valence-corrected chi connectivity index (χ0v) is 23.4. The van der Waals surface area contributed by atoms with Crippen LogP contribution < -0.4 is 10.2 Å². The fraction of sp³-hybridized carbons (Fsp3) is 0.645. The number of hydrogen-bond acceptors (Lipinski definition) is 4.